The van der Waals surface area contributed by atoms with E-state index in [4.69, 9.17) is 5.11 Å². The number of thioether (sulfide) groups is 1. The van der Waals surface area contributed by atoms with Crippen molar-refractivity contribution in [2.45, 2.75) is 26.2 Å². The normalized spacial score (nSPS) is 11.1. The lowest BCUT2D eigenvalue weighted by Crippen LogP contribution is -1.90. The van der Waals surface area contributed by atoms with Crippen molar-refractivity contribution >= 4 is 23.1 Å². The maximum atomic E-state index is 8.83. The molecule has 0 spiro atoms. The second-order valence-corrected chi connectivity index (χ2v) is 5.52. The summed E-state index contributed by atoms with van der Waals surface area (Å²) in [6, 6.07) is 0. The van der Waals surface area contributed by atoms with Gasteiger partial charge in [-0.2, -0.15) is 11.8 Å². The van der Waals surface area contributed by atoms with Crippen molar-refractivity contribution in [1.82, 2.24) is 4.98 Å². The Morgan fingerprint density at radius 3 is 2.92 bits per heavy atom. The fourth-order valence-corrected chi connectivity index (χ4v) is 2.77. The van der Waals surface area contributed by atoms with E-state index in [1.54, 1.807) is 17.5 Å². The monoisotopic (exact) mass is 217 g/mol. The van der Waals surface area contributed by atoms with Gasteiger partial charge in [0, 0.05) is 11.9 Å². The van der Waals surface area contributed by atoms with Crippen LogP contribution >= 0.6 is 23.1 Å². The lowest BCUT2D eigenvalue weighted by Gasteiger charge is -2.01. The highest BCUT2D eigenvalue weighted by Crippen LogP contribution is 2.19. The van der Waals surface area contributed by atoms with Crippen LogP contribution in [0.3, 0.4) is 0 Å². The predicted octanol–water partition coefficient (Wildman–Crippen LogP) is 2.52. The quantitative estimate of drug-likeness (QED) is 0.822. The van der Waals surface area contributed by atoms with Crippen LogP contribution in [0.1, 0.15) is 23.7 Å². The summed E-state index contributed by atoms with van der Waals surface area (Å²) >= 11 is 3.51. The number of aliphatic hydroxyl groups is 1. The Morgan fingerprint density at radius 2 is 2.38 bits per heavy atom. The van der Waals surface area contributed by atoms with Gasteiger partial charge < -0.3 is 5.11 Å². The second-order valence-electron chi connectivity index (χ2n) is 3.29. The maximum absolute atomic E-state index is 8.83. The van der Waals surface area contributed by atoms with Crippen LogP contribution in [0.25, 0.3) is 0 Å². The zero-order valence-corrected chi connectivity index (χ0v) is 9.62. The highest BCUT2D eigenvalue weighted by Gasteiger charge is 2.01. The molecular formula is C9H15NOS2. The van der Waals surface area contributed by atoms with Gasteiger partial charge in [0.05, 0.1) is 11.5 Å². The molecule has 4 heteroatoms. The van der Waals surface area contributed by atoms with Crippen molar-refractivity contribution in [3.05, 3.63) is 16.1 Å². The van der Waals surface area contributed by atoms with Crippen LogP contribution in [-0.4, -0.2) is 15.8 Å². The fraction of sp³-hybridized carbons (Fsp3) is 0.667. The van der Waals surface area contributed by atoms with Gasteiger partial charge in [-0.15, -0.1) is 11.3 Å². The van der Waals surface area contributed by atoms with Crippen molar-refractivity contribution in [3.8, 4) is 0 Å². The summed E-state index contributed by atoms with van der Waals surface area (Å²) in [5, 5.41) is 9.95. The summed E-state index contributed by atoms with van der Waals surface area (Å²) in [5.74, 6) is 2.89. The minimum atomic E-state index is 0.118. The summed E-state index contributed by atoms with van der Waals surface area (Å²) < 4.78 is 0. The summed E-state index contributed by atoms with van der Waals surface area (Å²) in [6.07, 6.45) is 1.76. The van der Waals surface area contributed by atoms with E-state index in [1.807, 2.05) is 11.8 Å². The third kappa shape index (κ3) is 4.11. The molecule has 0 aliphatic heterocycles. The van der Waals surface area contributed by atoms with Crippen molar-refractivity contribution in [3.63, 3.8) is 0 Å². The van der Waals surface area contributed by atoms with Crippen molar-refractivity contribution in [2.75, 3.05) is 5.75 Å². The molecule has 2 nitrogen and oxygen atoms in total. The van der Waals surface area contributed by atoms with Crippen LogP contribution in [-0.2, 0) is 12.4 Å². The summed E-state index contributed by atoms with van der Waals surface area (Å²) in [5.41, 5.74) is 0. The number of hydrogen-bond donors (Lipinski definition) is 1. The molecule has 0 unspecified atom stereocenters. The molecule has 0 aliphatic carbocycles. The van der Waals surface area contributed by atoms with Crippen LogP contribution in [0.15, 0.2) is 6.20 Å². The van der Waals surface area contributed by atoms with Gasteiger partial charge in [0.25, 0.3) is 0 Å². The summed E-state index contributed by atoms with van der Waals surface area (Å²) in [4.78, 5) is 5.18. The van der Waals surface area contributed by atoms with Gasteiger partial charge >= 0.3 is 0 Å². The van der Waals surface area contributed by atoms with Gasteiger partial charge in [0.15, 0.2) is 0 Å². The highest BCUT2D eigenvalue weighted by atomic mass is 32.2. The van der Waals surface area contributed by atoms with Crippen molar-refractivity contribution < 1.29 is 5.11 Å². The van der Waals surface area contributed by atoms with Gasteiger partial charge in [-0.05, 0) is 11.7 Å². The number of nitrogens with zero attached hydrogens (tertiary/aromatic N) is 1. The molecule has 1 aromatic rings. The van der Waals surface area contributed by atoms with Crippen molar-refractivity contribution in [1.29, 1.82) is 0 Å². The van der Waals surface area contributed by atoms with Gasteiger partial charge in [-0.25, -0.2) is 4.98 Å². The smallest absolute Gasteiger partial charge is 0.103 e. The molecule has 0 aromatic carbocycles. The van der Waals surface area contributed by atoms with Gasteiger partial charge in [-0.1, -0.05) is 13.8 Å². The lowest BCUT2D eigenvalue weighted by molar-refractivity contribution is 0.285. The van der Waals surface area contributed by atoms with Gasteiger partial charge in [0.1, 0.15) is 5.01 Å². The van der Waals surface area contributed by atoms with Crippen LogP contribution < -0.4 is 0 Å². The molecule has 0 bridgehead atoms. The largest absolute Gasteiger partial charge is 0.391 e. The average molecular weight is 217 g/mol. The zero-order chi connectivity index (χ0) is 9.68. The Labute approximate surface area is 87.4 Å². The van der Waals surface area contributed by atoms with Gasteiger partial charge in [-0.3, -0.25) is 0 Å². The molecule has 0 fully saturated rings. The molecule has 0 saturated heterocycles. The predicted molar refractivity (Wildman–Crippen MR) is 59.0 cm³/mol. The fourth-order valence-electron chi connectivity index (χ4n) is 0.870. The molecule has 0 aliphatic rings. The number of thiazole rings is 1. The van der Waals surface area contributed by atoms with Crippen molar-refractivity contribution in [2.24, 2.45) is 5.92 Å². The maximum Gasteiger partial charge on any atom is 0.103 e. The molecule has 0 atom stereocenters. The van der Waals surface area contributed by atoms with Crippen LogP contribution in [0.5, 0.6) is 0 Å². The lowest BCUT2D eigenvalue weighted by atomic mass is 10.3. The molecule has 1 heterocycles. The molecule has 1 rings (SSSR count). The van der Waals surface area contributed by atoms with E-state index in [9.17, 15) is 0 Å². The first kappa shape index (κ1) is 11.0. The topological polar surface area (TPSA) is 33.1 Å². The standard InChI is InChI=1S/C9H15NOS2/c1-7(2)5-12-6-9-10-3-8(4-11)13-9/h3,7,11H,4-6H2,1-2H3. The Morgan fingerprint density at radius 1 is 1.62 bits per heavy atom. The molecule has 74 valence electrons. The Bertz CT molecular complexity index is 248. The minimum Gasteiger partial charge on any atom is -0.391 e. The number of aromatic nitrogens is 1. The third-order valence-electron chi connectivity index (χ3n) is 1.43. The Kier molecular flexibility index (Phi) is 4.77. The third-order valence-corrected chi connectivity index (χ3v) is 3.98. The van der Waals surface area contributed by atoms with E-state index >= 15 is 0 Å². The van der Waals surface area contributed by atoms with E-state index in [0.29, 0.717) is 0 Å². The average Bonchev–Trinajstić information content (AvgIpc) is 2.52. The summed E-state index contributed by atoms with van der Waals surface area (Å²) in [7, 11) is 0. The highest BCUT2D eigenvalue weighted by molar-refractivity contribution is 7.98. The van der Waals surface area contributed by atoms with Crippen LogP contribution in [0.4, 0.5) is 0 Å². The Hall–Kier alpha value is -0.0600. The first-order chi connectivity index (χ1) is 6.22. The van der Waals surface area contributed by atoms with Gasteiger partial charge in [0.2, 0.25) is 0 Å². The molecule has 1 aromatic heterocycles. The molecule has 0 radical (unpaired) electrons. The van der Waals surface area contributed by atoms with Crippen LogP contribution in [0, 0.1) is 5.92 Å². The van der Waals surface area contributed by atoms with E-state index in [2.05, 4.69) is 18.8 Å². The molecule has 1 N–H and O–H groups in total. The van der Waals surface area contributed by atoms with E-state index in [1.165, 1.54) is 5.75 Å². The number of rotatable bonds is 5. The SMILES string of the molecule is CC(C)CSCc1ncc(CO)s1. The molecule has 0 saturated carbocycles. The number of aliphatic hydroxyl groups excluding tert-OH is 1. The van der Waals surface area contributed by atoms with E-state index in [-0.39, 0.29) is 6.61 Å². The van der Waals surface area contributed by atoms with E-state index in [0.717, 1.165) is 21.6 Å². The van der Waals surface area contributed by atoms with E-state index < -0.39 is 0 Å². The first-order valence-corrected chi connectivity index (χ1v) is 6.31. The second kappa shape index (κ2) is 5.62. The Balaban J connectivity index is 2.28. The molecular weight excluding hydrogens is 202 g/mol. The first-order valence-electron chi connectivity index (χ1n) is 4.34. The number of hydrogen-bond acceptors (Lipinski definition) is 4. The minimum absolute atomic E-state index is 0.118. The zero-order valence-electron chi connectivity index (χ0n) is 7.99. The van der Waals surface area contributed by atoms with Crippen LogP contribution in [0.2, 0.25) is 0 Å². The molecule has 13 heavy (non-hydrogen) atoms. The molecule has 0 amide bonds. The summed E-state index contributed by atoms with van der Waals surface area (Å²) in [6.45, 7) is 4.55.